The van der Waals surface area contributed by atoms with Gasteiger partial charge in [0.15, 0.2) is 0 Å². The average Bonchev–Trinajstić information content (AvgIpc) is 2.73. The molecule has 0 aliphatic carbocycles. The maximum atomic E-state index is 12.5. The molecule has 2 saturated heterocycles. The number of hydrogen-bond donors (Lipinski definition) is 1. The first kappa shape index (κ1) is 18.9. The summed E-state index contributed by atoms with van der Waals surface area (Å²) in [6, 6.07) is 20.0. The number of carbonyl (C=O) groups excluding carboxylic acids is 1. The molecular weight excluding hydrogens is 350 g/mol. The molecule has 146 valence electrons. The molecule has 28 heavy (non-hydrogen) atoms. The van der Waals surface area contributed by atoms with Gasteiger partial charge in [-0.3, -0.25) is 4.79 Å². The number of likely N-dealkylation sites (tertiary alicyclic amines) is 1. The zero-order valence-corrected chi connectivity index (χ0v) is 16.0. The number of hydrogen-bond acceptors (Lipinski definition) is 3. The lowest BCUT2D eigenvalue weighted by Crippen LogP contribution is -2.52. The van der Waals surface area contributed by atoms with E-state index in [1.54, 1.807) is 6.08 Å². The molecule has 0 bridgehead atoms. The number of carbonyl (C=O) groups is 1. The highest BCUT2D eigenvalue weighted by atomic mass is 16.5. The summed E-state index contributed by atoms with van der Waals surface area (Å²) in [4.78, 5) is 14.4. The third kappa shape index (κ3) is 4.34. The fourth-order valence-electron chi connectivity index (χ4n) is 4.32. The van der Waals surface area contributed by atoms with E-state index in [4.69, 9.17) is 4.74 Å². The van der Waals surface area contributed by atoms with Crippen LogP contribution in [0.5, 0.6) is 0 Å². The van der Waals surface area contributed by atoms with Gasteiger partial charge in [-0.15, -0.1) is 0 Å². The molecule has 0 saturated carbocycles. The van der Waals surface area contributed by atoms with Gasteiger partial charge in [0.25, 0.3) is 0 Å². The Bertz CT molecular complexity index is 810. The molecule has 1 spiro atoms. The minimum absolute atomic E-state index is 0.0367. The maximum Gasteiger partial charge on any atom is 0.246 e. The lowest BCUT2D eigenvalue weighted by molar-refractivity contribution is -0.185. The second-order valence-corrected chi connectivity index (χ2v) is 7.86. The van der Waals surface area contributed by atoms with Gasteiger partial charge in [0.2, 0.25) is 5.91 Å². The van der Waals surface area contributed by atoms with Gasteiger partial charge in [-0.05, 0) is 30.0 Å². The van der Waals surface area contributed by atoms with Crippen molar-refractivity contribution in [3.63, 3.8) is 0 Å². The van der Waals surface area contributed by atoms with Crippen LogP contribution in [0.15, 0.2) is 66.7 Å². The molecule has 2 aliphatic rings. The molecule has 4 rings (SSSR count). The van der Waals surface area contributed by atoms with Crippen molar-refractivity contribution < 1.29 is 14.6 Å². The molecule has 2 heterocycles. The Kier molecular flexibility index (Phi) is 5.60. The lowest BCUT2D eigenvalue weighted by atomic mass is 9.81. The Hall–Kier alpha value is -2.43. The van der Waals surface area contributed by atoms with Crippen LogP contribution in [0.25, 0.3) is 6.08 Å². The normalized spacial score (nSPS) is 24.5. The van der Waals surface area contributed by atoms with Crippen molar-refractivity contribution in [2.45, 2.75) is 43.5 Å². The topological polar surface area (TPSA) is 49.8 Å². The van der Waals surface area contributed by atoms with Crippen LogP contribution in [0.4, 0.5) is 0 Å². The third-order valence-corrected chi connectivity index (χ3v) is 5.86. The number of aliphatic hydroxyl groups is 1. The first-order chi connectivity index (χ1) is 13.6. The van der Waals surface area contributed by atoms with Gasteiger partial charge in [-0.25, -0.2) is 0 Å². The second-order valence-electron chi connectivity index (χ2n) is 7.86. The number of benzene rings is 2. The fraction of sp³-hybridized carbons (Fsp3) is 0.375. The van der Waals surface area contributed by atoms with Gasteiger partial charge in [0, 0.05) is 32.0 Å². The molecule has 2 aliphatic heterocycles. The summed E-state index contributed by atoms with van der Waals surface area (Å²) in [5, 5.41) is 10.5. The highest BCUT2D eigenvalue weighted by Gasteiger charge is 2.44. The van der Waals surface area contributed by atoms with Gasteiger partial charge >= 0.3 is 0 Å². The lowest BCUT2D eigenvalue weighted by Gasteiger charge is -2.48. The summed E-state index contributed by atoms with van der Waals surface area (Å²) in [5.41, 5.74) is 1.80. The highest BCUT2D eigenvalue weighted by molar-refractivity contribution is 5.91. The van der Waals surface area contributed by atoms with Gasteiger partial charge in [-0.1, -0.05) is 60.7 Å². The first-order valence-corrected chi connectivity index (χ1v) is 10.1. The SMILES string of the molecule is O=C(C=Cc1ccccc1)N1CCC2(CC1)C[C@@H](O)C[C@H](c1ccccc1)O2. The van der Waals surface area contributed by atoms with Gasteiger partial charge in [0.1, 0.15) is 0 Å². The average molecular weight is 377 g/mol. The van der Waals surface area contributed by atoms with E-state index < -0.39 is 0 Å². The van der Waals surface area contributed by atoms with Crippen molar-refractivity contribution in [3.05, 3.63) is 77.9 Å². The van der Waals surface area contributed by atoms with Crippen LogP contribution in [0.3, 0.4) is 0 Å². The number of amides is 1. The van der Waals surface area contributed by atoms with Crippen LogP contribution >= 0.6 is 0 Å². The molecule has 4 nitrogen and oxygen atoms in total. The van der Waals surface area contributed by atoms with Crippen LogP contribution < -0.4 is 0 Å². The molecular formula is C24H27NO3. The van der Waals surface area contributed by atoms with E-state index in [2.05, 4.69) is 12.1 Å². The summed E-state index contributed by atoms with van der Waals surface area (Å²) >= 11 is 0. The van der Waals surface area contributed by atoms with E-state index in [-0.39, 0.29) is 23.7 Å². The summed E-state index contributed by atoms with van der Waals surface area (Å²) in [7, 11) is 0. The Morgan fingerprint density at radius 1 is 1.04 bits per heavy atom. The highest BCUT2D eigenvalue weighted by Crippen LogP contribution is 2.42. The fourth-order valence-corrected chi connectivity index (χ4v) is 4.32. The molecule has 2 atom stereocenters. The van der Waals surface area contributed by atoms with E-state index >= 15 is 0 Å². The predicted octanol–water partition coefficient (Wildman–Crippen LogP) is 3.97. The van der Waals surface area contributed by atoms with E-state index in [9.17, 15) is 9.90 Å². The number of piperidine rings is 1. The molecule has 1 amide bonds. The van der Waals surface area contributed by atoms with Gasteiger partial charge in [-0.2, -0.15) is 0 Å². The van der Waals surface area contributed by atoms with Crippen molar-refractivity contribution in [3.8, 4) is 0 Å². The zero-order valence-electron chi connectivity index (χ0n) is 16.0. The molecule has 0 radical (unpaired) electrons. The van der Waals surface area contributed by atoms with E-state index in [1.165, 1.54) is 0 Å². The predicted molar refractivity (Wildman–Crippen MR) is 110 cm³/mol. The Morgan fingerprint density at radius 3 is 2.36 bits per heavy atom. The number of nitrogens with zero attached hydrogens (tertiary/aromatic N) is 1. The first-order valence-electron chi connectivity index (χ1n) is 10.1. The van der Waals surface area contributed by atoms with Crippen molar-refractivity contribution in [1.29, 1.82) is 0 Å². The standard InChI is InChI=1S/C24H27NO3/c26-21-17-22(20-9-5-2-6-10-20)28-24(18-21)13-15-25(16-14-24)23(27)12-11-19-7-3-1-4-8-19/h1-12,21-22,26H,13-18H2/t21-,22+/m0/s1. The molecule has 2 fully saturated rings. The number of rotatable bonds is 3. The molecule has 0 aromatic heterocycles. The molecule has 2 aromatic carbocycles. The minimum atomic E-state index is -0.362. The van der Waals surface area contributed by atoms with E-state index in [0.29, 0.717) is 25.9 Å². The van der Waals surface area contributed by atoms with Crippen molar-refractivity contribution in [2.24, 2.45) is 0 Å². The molecule has 2 aromatic rings. The quantitative estimate of drug-likeness (QED) is 0.824. The largest absolute Gasteiger partial charge is 0.393 e. The van der Waals surface area contributed by atoms with Crippen LogP contribution in [-0.2, 0) is 9.53 Å². The Balaban J connectivity index is 1.38. The summed E-state index contributed by atoms with van der Waals surface area (Å²) < 4.78 is 6.51. The number of ether oxygens (including phenoxy) is 1. The van der Waals surface area contributed by atoms with Crippen molar-refractivity contribution in [2.75, 3.05) is 13.1 Å². The van der Waals surface area contributed by atoms with E-state index in [1.807, 2.05) is 59.5 Å². The molecule has 1 N–H and O–H groups in total. The maximum absolute atomic E-state index is 12.5. The third-order valence-electron chi connectivity index (χ3n) is 5.86. The van der Waals surface area contributed by atoms with Crippen LogP contribution in [0, 0.1) is 0 Å². The van der Waals surface area contributed by atoms with Crippen molar-refractivity contribution in [1.82, 2.24) is 4.90 Å². The van der Waals surface area contributed by atoms with Gasteiger partial charge < -0.3 is 14.7 Å². The second kappa shape index (κ2) is 8.29. The molecule has 4 heteroatoms. The smallest absolute Gasteiger partial charge is 0.246 e. The van der Waals surface area contributed by atoms with Crippen molar-refractivity contribution >= 4 is 12.0 Å². The Labute approximate surface area is 166 Å². The minimum Gasteiger partial charge on any atom is -0.393 e. The van der Waals surface area contributed by atoms with Crippen LogP contribution in [-0.4, -0.2) is 40.7 Å². The van der Waals surface area contributed by atoms with Crippen LogP contribution in [0.1, 0.15) is 42.9 Å². The Morgan fingerprint density at radius 2 is 1.68 bits per heavy atom. The van der Waals surface area contributed by atoms with E-state index in [0.717, 1.165) is 24.0 Å². The molecule has 0 unspecified atom stereocenters. The number of aliphatic hydroxyl groups excluding tert-OH is 1. The monoisotopic (exact) mass is 377 g/mol. The summed E-state index contributed by atoms with van der Waals surface area (Å²) in [6.45, 7) is 1.32. The van der Waals surface area contributed by atoms with Gasteiger partial charge in [0.05, 0.1) is 17.8 Å². The van der Waals surface area contributed by atoms with Crippen LogP contribution in [0.2, 0.25) is 0 Å². The zero-order chi connectivity index (χ0) is 19.4. The summed E-state index contributed by atoms with van der Waals surface area (Å²) in [6.07, 6.45) is 5.88. The summed E-state index contributed by atoms with van der Waals surface area (Å²) in [5.74, 6) is 0.0367.